The summed E-state index contributed by atoms with van der Waals surface area (Å²) in [7, 11) is 0. The van der Waals surface area contributed by atoms with Gasteiger partial charge in [-0.25, -0.2) is 0 Å². The highest BCUT2D eigenvalue weighted by molar-refractivity contribution is 7.99. The topological polar surface area (TPSA) is 64.3 Å². The van der Waals surface area contributed by atoms with Crippen LogP contribution in [-0.2, 0) is 0 Å². The van der Waals surface area contributed by atoms with E-state index in [0.29, 0.717) is 30.6 Å². The van der Waals surface area contributed by atoms with Crippen molar-refractivity contribution in [2.45, 2.75) is 22.3 Å². The third-order valence-electron chi connectivity index (χ3n) is 3.79. The third kappa shape index (κ3) is 3.55. The van der Waals surface area contributed by atoms with Crippen LogP contribution >= 0.6 is 11.8 Å². The number of aliphatic hydroxyl groups is 1. The minimum Gasteiger partial charge on any atom is -0.391 e. The number of amides is 1. The average Bonchev–Trinajstić information content (AvgIpc) is 3.02. The standard InChI is InChI=1S/C18H16N2O2S/c19-11-14-3-1-2-4-17(14)23-16-7-5-13(6-8-16)18(22)20-10-9-15(21)12-20/h1-8,15,21H,9-10,12H2/t15-/m0/s1. The molecule has 0 saturated carbocycles. The number of aliphatic hydroxyl groups excluding tert-OH is 1. The molecule has 0 aromatic heterocycles. The Morgan fingerprint density at radius 2 is 1.96 bits per heavy atom. The van der Waals surface area contributed by atoms with E-state index in [4.69, 9.17) is 5.26 Å². The molecule has 116 valence electrons. The van der Waals surface area contributed by atoms with Gasteiger partial charge >= 0.3 is 0 Å². The zero-order valence-corrected chi connectivity index (χ0v) is 13.3. The molecule has 1 fully saturated rings. The Bertz CT molecular complexity index is 752. The first-order valence-electron chi connectivity index (χ1n) is 7.42. The number of β-amino-alcohol motifs (C(OH)–C–C–N with tert-alkyl or cyclic N) is 1. The quantitative estimate of drug-likeness (QED) is 0.943. The Morgan fingerprint density at radius 3 is 2.61 bits per heavy atom. The normalized spacial score (nSPS) is 17.0. The van der Waals surface area contributed by atoms with Gasteiger partial charge in [0.2, 0.25) is 0 Å². The monoisotopic (exact) mass is 324 g/mol. The third-order valence-corrected chi connectivity index (χ3v) is 4.87. The molecule has 1 aliphatic heterocycles. The SMILES string of the molecule is N#Cc1ccccc1Sc1ccc(C(=O)N2CC[C@H](O)C2)cc1. The van der Waals surface area contributed by atoms with Crippen molar-refractivity contribution in [2.75, 3.05) is 13.1 Å². The van der Waals surface area contributed by atoms with E-state index in [9.17, 15) is 9.90 Å². The van der Waals surface area contributed by atoms with Crippen LogP contribution in [-0.4, -0.2) is 35.1 Å². The lowest BCUT2D eigenvalue weighted by Crippen LogP contribution is -2.29. The van der Waals surface area contributed by atoms with Crippen LogP contribution in [0.25, 0.3) is 0 Å². The van der Waals surface area contributed by atoms with Crippen LogP contribution in [0.1, 0.15) is 22.3 Å². The van der Waals surface area contributed by atoms with Crippen molar-refractivity contribution in [1.82, 2.24) is 4.90 Å². The summed E-state index contributed by atoms with van der Waals surface area (Å²) >= 11 is 1.50. The van der Waals surface area contributed by atoms with Gasteiger partial charge in [-0.1, -0.05) is 23.9 Å². The summed E-state index contributed by atoms with van der Waals surface area (Å²) in [4.78, 5) is 15.9. The van der Waals surface area contributed by atoms with E-state index in [1.165, 1.54) is 11.8 Å². The molecule has 5 heteroatoms. The summed E-state index contributed by atoms with van der Waals surface area (Å²) in [6.07, 6.45) is 0.237. The number of carbonyl (C=O) groups is 1. The molecule has 4 nitrogen and oxygen atoms in total. The van der Waals surface area contributed by atoms with Crippen LogP contribution < -0.4 is 0 Å². The molecule has 1 saturated heterocycles. The zero-order valence-electron chi connectivity index (χ0n) is 12.5. The highest BCUT2D eigenvalue weighted by atomic mass is 32.2. The van der Waals surface area contributed by atoms with E-state index in [-0.39, 0.29) is 5.91 Å². The molecule has 1 aliphatic rings. The molecule has 0 spiro atoms. The molecule has 0 unspecified atom stereocenters. The fourth-order valence-corrected chi connectivity index (χ4v) is 3.45. The van der Waals surface area contributed by atoms with Crippen LogP contribution in [0.4, 0.5) is 0 Å². The number of nitrogens with zero attached hydrogens (tertiary/aromatic N) is 2. The summed E-state index contributed by atoms with van der Waals surface area (Å²) in [6, 6.07) is 17.0. The van der Waals surface area contributed by atoms with Crippen LogP contribution in [0.3, 0.4) is 0 Å². The van der Waals surface area contributed by atoms with E-state index < -0.39 is 6.10 Å². The molecule has 23 heavy (non-hydrogen) atoms. The second kappa shape index (κ2) is 6.86. The van der Waals surface area contributed by atoms with Crippen molar-refractivity contribution in [3.63, 3.8) is 0 Å². The maximum atomic E-state index is 12.3. The molecule has 1 amide bonds. The van der Waals surface area contributed by atoms with Crippen LogP contribution in [0.15, 0.2) is 58.3 Å². The molecule has 1 atom stereocenters. The molecular formula is C18H16N2O2S. The summed E-state index contributed by atoms with van der Waals surface area (Å²) in [5.41, 5.74) is 1.26. The lowest BCUT2D eigenvalue weighted by atomic mass is 10.2. The van der Waals surface area contributed by atoms with Gasteiger partial charge in [0, 0.05) is 28.4 Å². The van der Waals surface area contributed by atoms with Crippen molar-refractivity contribution < 1.29 is 9.90 Å². The molecule has 0 aliphatic carbocycles. The van der Waals surface area contributed by atoms with Crippen LogP contribution in [0, 0.1) is 11.3 Å². The Morgan fingerprint density at radius 1 is 1.22 bits per heavy atom. The van der Waals surface area contributed by atoms with Crippen molar-refractivity contribution in [3.05, 3.63) is 59.7 Å². The van der Waals surface area contributed by atoms with Gasteiger partial charge in [0.05, 0.1) is 11.7 Å². The molecule has 0 bridgehead atoms. The Hall–Kier alpha value is -2.29. The summed E-state index contributed by atoms with van der Waals surface area (Å²) < 4.78 is 0. The van der Waals surface area contributed by atoms with Gasteiger partial charge in [-0.3, -0.25) is 4.79 Å². The smallest absolute Gasteiger partial charge is 0.253 e. The first kappa shape index (κ1) is 15.6. The summed E-state index contributed by atoms with van der Waals surface area (Å²) in [5.74, 6) is -0.0458. The number of carbonyl (C=O) groups excluding carboxylic acids is 1. The lowest BCUT2D eigenvalue weighted by molar-refractivity contribution is 0.0765. The van der Waals surface area contributed by atoms with Gasteiger partial charge < -0.3 is 10.0 Å². The fourth-order valence-electron chi connectivity index (χ4n) is 2.55. The first-order valence-corrected chi connectivity index (χ1v) is 8.23. The number of likely N-dealkylation sites (tertiary alicyclic amines) is 1. The van der Waals surface area contributed by atoms with Gasteiger partial charge in [0.1, 0.15) is 6.07 Å². The second-order valence-electron chi connectivity index (χ2n) is 5.43. The van der Waals surface area contributed by atoms with Crippen molar-refractivity contribution >= 4 is 17.7 Å². The van der Waals surface area contributed by atoms with E-state index in [0.717, 1.165) is 9.79 Å². The largest absolute Gasteiger partial charge is 0.391 e. The first-order chi connectivity index (χ1) is 11.2. The fraction of sp³-hybridized carbons (Fsp3) is 0.222. The highest BCUT2D eigenvalue weighted by Crippen LogP contribution is 2.30. The van der Waals surface area contributed by atoms with Gasteiger partial charge in [-0.2, -0.15) is 5.26 Å². The van der Waals surface area contributed by atoms with Gasteiger partial charge in [-0.05, 0) is 42.8 Å². The van der Waals surface area contributed by atoms with Crippen molar-refractivity contribution in [1.29, 1.82) is 5.26 Å². The zero-order chi connectivity index (χ0) is 16.2. The van der Waals surface area contributed by atoms with Gasteiger partial charge in [0.15, 0.2) is 0 Å². The molecule has 0 radical (unpaired) electrons. The predicted molar refractivity (Wildman–Crippen MR) is 88.2 cm³/mol. The number of nitriles is 1. The molecule has 2 aromatic rings. The van der Waals surface area contributed by atoms with Crippen LogP contribution in [0.2, 0.25) is 0 Å². The summed E-state index contributed by atoms with van der Waals surface area (Å²) in [5, 5.41) is 18.7. The number of benzene rings is 2. The van der Waals surface area contributed by atoms with Crippen LogP contribution in [0.5, 0.6) is 0 Å². The predicted octanol–water partition coefficient (Wildman–Crippen LogP) is 2.92. The number of hydrogen-bond donors (Lipinski definition) is 1. The minimum absolute atomic E-state index is 0.0458. The van der Waals surface area contributed by atoms with E-state index in [1.54, 1.807) is 23.1 Å². The number of hydrogen-bond acceptors (Lipinski definition) is 4. The molecule has 3 rings (SSSR count). The van der Waals surface area contributed by atoms with Gasteiger partial charge in [0.25, 0.3) is 5.91 Å². The minimum atomic E-state index is -0.406. The second-order valence-corrected chi connectivity index (χ2v) is 6.54. The van der Waals surface area contributed by atoms with Gasteiger partial charge in [-0.15, -0.1) is 0 Å². The Labute approximate surface area is 139 Å². The van der Waals surface area contributed by atoms with Crippen molar-refractivity contribution in [3.8, 4) is 6.07 Å². The van der Waals surface area contributed by atoms with Crippen molar-refractivity contribution in [2.24, 2.45) is 0 Å². The number of rotatable bonds is 3. The molecular weight excluding hydrogens is 308 g/mol. The molecule has 2 aromatic carbocycles. The average molecular weight is 324 g/mol. The molecule has 1 N–H and O–H groups in total. The maximum absolute atomic E-state index is 12.3. The Kier molecular flexibility index (Phi) is 4.65. The van der Waals surface area contributed by atoms with E-state index in [2.05, 4.69) is 6.07 Å². The Balaban J connectivity index is 1.72. The van der Waals surface area contributed by atoms with E-state index >= 15 is 0 Å². The maximum Gasteiger partial charge on any atom is 0.253 e. The molecule has 1 heterocycles. The van der Waals surface area contributed by atoms with E-state index in [1.807, 2.05) is 30.3 Å². The highest BCUT2D eigenvalue weighted by Gasteiger charge is 2.25. The lowest BCUT2D eigenvalue weighted by Gasteiger charge is -2.15. The summed E-state index contributed by atoms with van der Waals surface area (Å²) in [6.45, 7) is 1.01.